The smallest absolute Gasteiger partial charge is 0.257 e. The van der Waals surface area contributed by atoms with E-state index in [0.29, 0.717) is 17.9 Å². The number of amides is 1. The quantitative estimate of drug-likeness (QED) is 0.913. The maximum atomic E-state index is 13.1. The first-order valence-corrected chi connectivity index (χ1v) is 7.91. The second kappa shape index (κ2) is 5.45. The van der Waals surface area contributed by atoms with E-state index in [0.717, 1.165) is 24.1 Å². The molecule has 23 heavy (non-hydrogen) atoms. The Labute approximate surface area is 133 Å². The lowest BCUT2D eigenvalue weighted by Gasteiger charge is -2.24. The number of carbonyl (C=O) groups excluding carboxylic acids is 1. The van der Waals surface area contributed by atoms with Gasteiger partial charge in [-0.25, -0.2) is 4.39 Å². The number of nitrogens with one attached hydrogen (secondary N) is 1. The average molecular weight is 315 g/mol. The monoisotopic (exact) mass is 315 g/mol. The summed E-state index contributed by atoms with van der Waals surface area (Å²) in [5, 5.41) is 17.0. The second-order valence-corrected chi connectivity index (χ2v) is 6.39. The number of aromatic amines is 1. The first-order valence-electron chi connectivity index (χ1n) is 7.91. The number of H-pyrrole nitrogens is 1. The van der Waals surface area contributed by atoms with E-state index in [1.54, 1.807) is 23.2 Å². The lowest BCUT2D eigenvalue weighted by Crippen LogP contribution is -2.32. The number of aliphatic hydroxyl groups excluding tert-OH is 1. The number of aromatic nitrogens is 2. The molecule has 1 saturated carbocycles. The van der Waals surface area contributed by atoms with E-state index in [1.165, 1.54) is 12.1 Å². The van der Waals surface area contributed by atoms with E-state index < -0.39 is 6.10 Å². The molecule has 2 unspecified atom stereocenters. The first kappa shape index (κ1) is 14.4. The number of carbonyl (C=O) groups is 1. The SMILES string of the molecule is O=C(c1cn[nH]c1C1CC1)N1CC(O)CC1c1ccc(F)cc1. The summed E-state index contributed by atoms with van der Waals surface area (Å²) in [6.45, 7) is 0.288. The molecule has 1 aliphatic carbocycles. The lowest BCUT2D eigenvalue weighted by molar-refractivity contribution is 0.0714. The minimum atomic E-state index is -0.565. The Morgan fingerprint density at radius 3 is 2.74 bits per heavy atom. The van der Waals surface area contributed by atoms with Crippen LogP contribution in [0.5, 0.6) is 0 Å². The van der Waals surface area contributed by atoms with Crippen LogP contribution >= 0.6 is 0 Å². The zero-order chi connectivity index (χ0) is 16.0. The Bertz CT molecular complexity index is 724. The van der Waals surface area contributed by atoms with Gasteiger partial charge in [-0.15, -0.1) is 0 Å². The third-order valence-corrected chi connectivity index (χ3v) is 4.68. The summed E-state index contributed by atoms with van der Waals surface area (Å²) < 4.78 is 13.1. The van der Waals surface area contributed by atoms with Gasteiger partial charge >= 0.3 is 0 Å². The van der Waals surface area contributed by atoms with Gasteiger partial charge in [-0.1, -0.05) is 12.1 Å². The van der Waals surface area contributed by atoms with Crippen molar-refractivity contribution in [1.82, 2.24) is 15.1 Å². The molecule has 5 nitrogen and oxygen atoms in total. The number of hydrogen-bond acceptors (Lipinski definition) is 3. The van der Waals surface area contributed by atoms with Crippen LogP contribution in [0.2, 0.25) is 0 Å². The Hall–Kier alpha value is -2.21. The summed E-state index contributed by atoms with van der Waals surface area (Å²) in [5.41, 5.74) is 2.33. The molecule has 0 bridgehead atoms. The summed E-state index contributed by atoms with van der Waals surface area (Å²) in [6, 6.07) is 5.89. The van der Waals surface area contributed by atoms with Gasteiger partial charge in [0.2, 0.25) is 0 Å². The molecule has 2 N–H and O–H groups in total. The van der Waals surface area contributed by atoms with Gasteiger partial charge in [0, 0.05) is 12.5 Å². The molecule has 1 aliphatic heterocycles. The second-order valence-electron chi connectivity index (χ2n) is 6.39. The van der Waals surface area contributed by atoms with Gasteiger partial charge < -0.3 is 10.0 Å². The fourth-order valence-electron chi connectivity index (χ4n) is 3.34. The van der Waals surface area contributed by atoms with Crippen molar-refractivity contribution in [3.8, 4) is 0 Å². The zero-order valence-corrected chi connectivity index (χ0v) is 12.6. The van der Waals surface area contributed by atoms with Gasteiger partial charge in [-0.3, -0.25) is 9.89 Å². The highest BCUT2D eigenvalue weighted by Gasteiger charge is 2.38. The molecule has 120 valence electrons. The minimum Gasteiger partial charge on any atom is -0.391 e. The van der Waals surface area contributed by atoms with Gasteiger partial charge in [-0.2, -0.15) is 5.10 Å². The summed E-state index contributed by atoms with van der Waals surface area (Å²) in [4.78, 5) is 14.6. The molecule has 1 aromatic heterocycles. The third kappa shape index (κ3) is 2.63. The molecule has 2 fully saturated rings. The van der Waals surface area contributed by atoms with Crippen molar-refractivity contribution in [2.75, 3.05) is 6.54 Å². The van der Waals surface area contributed by atoms with E-state index in [-0.39, 0.29) is 24.3 Å². The van der Waals surface area contributed by atoms with Crippen LogP contribution < -0.4 is 0 Å². The fraction of sp³-hybridized carbons (Fsp3) is 0.412. The largest absolute Gasteiger partial charge is 0.391 e. The van der Waals surface area contributed by atoms with Crippen LogP contribution in [-0.2, 0) is 0 Å². The van der Waals surface area contributed by atoms with E-state index in [4.69, 9.17) is 0 Å². The summed E-state index contributed by atoms with van der Waals surface area (Å²) in [5.74, 6) is -0.0317. The fourth-order valence-corrected chi connectivity index (χ4v) is 3.34. The van der Waals surface area contributed by atoms with Crippen LogP contribution in [0.25, 0.3) is 0 Å². The van der Waals surface area contributed by atoms with Gasteiger partial charge in [0.1, 0.15) is 5.82 Å². The van der Waals surface area contributed by atoms with Gasteiger partial charge in [0.15, 0.2) is 0 Å². The number of aliphatic hydroxyl groups is 1. The maximum absolute atomic E-state index is 13.1. The third-order valence-electron chi connectivity index (χ3n) is 4.68. The standard InChI is InChI=1S/C17H18FN3O2/c18-12-5-3-10(4-6-12)15-7-13(22)9-21(15)17(23)14-8-19-20-16(14)11-1-2-11/h3-6,8,11,13,15,22H,1-2,7,9H2,(H,19,20). The number of nitrogens with zero attached hydrogens (tertiary/aromatic N) is 2. The Morgan fingerprint density at radius 2 is 2.04 bits per heavy atom. The van der Waals surface area contributed by atoms with Gasteiger partial charge in [0.05, 0.1) is 29.6 Å². The topological polar surface area (TPSA) is 69.2 Å². The van der Waals surface area contributed by atoms with Crippen molar-refractivity contribution in [3.05, 3.63) is 53.1 Å². The van der Waals surface area contributed by atoms with Crippen molar-refractivity contribution in [1.29, 1.82) is 0 Å². The highest BCUT2D eigenvalue weighted by atomic mass is 19.1. The average Bonchev–Trinajstić information content (AvgIpc) is 3.14. The van der Waals surface area contributed by atoms with Crippen molar-refractivity contribution >= 4 is 5.91 Å². The van der Waals surface area contributed by atoms with Crippen molar-refractivity contribution < 1.29 is 14.3 Å². The number of rotatable bonds is 3. The molecule has 0 spiro atoms. The molecular formula is C17H18FN3O2. The number of hydrogen-bond donors (Lipinski definition) is 2. The number of likely N-dealkylation sites (tertiary alicyclic amines) is 1. The van der Waals surface area contributed by atoms with Crippen LogP contribution in [0.3, 0.4) is 0 Å². The van der Waals surface area contributed by atoms with Gasteiger partial charge in [0.25, 0.3) is 5.91 Å². The first-order chi connectivity index (χ1) is 11.1. The zero-order valence-electron chi connectivity index (χ0n) is 12.6. The molecule has 2 atom stereocenters. The minimum absolute atomic E-state index is 0.119. The highest BCUT2D eigenvalue weighted by molar-refractivity contribution is 5.96. The van der Waals surface area contributed by atoms with E-state index in [2.05, 4.69) is 10.2 Å². The predicted octanol–water partition coefficient (Wildman–Crippen LogP) is 2.37. The molecular weight excluding hydrogens is 297 g/mol. The maximum Gasteiger partial charge on any atom is 0.257 e. The molecule has 1 aromatic carbocycles. The van der Waals surface area contributed by atoms with Crippen LogP contribution in [-0.4, -0.2) is 38.8 Å². The lowest BCUT2D eigenvalue weighted by atomic mass is 10.0. The normalized spacial score (nSPS) is 24.2. The van der Waals surface area contributed by atoms with Gasteiger partial charge in [-0.05, 0) is 37.0 Å². The molecule has 0 radical (unpaired) electrons. The van der Waals surface area contributed by atoms with Crippen LogP contribution in [0.15, 0.2) is 30.5 Å². The highest BCUT2D eigenvalue weighted by Crippen LogP contribution is 2.41. The van der Waals surface area contributed by atoms with Crippen LogP contribution in [0.1, 0.15) is 52.8 Å². The van der Waals surface area contributed by atoms with Crippen molar-refractivity contribution in [3.63, 3.8) is 0 Å². The molecule has 2 aromatic rings. The Balaban J connectivity index is 1.64. The van der Waals surface area contributed by atoms with Crippen molar-refractivity contribution in [2.24, 2.45) is 0 Å². The van der Waals surface area contributed by atoms with E-state index in [9.17, 15) is 14.3 Å². The molecule has 1 saturated heterocycles. The summed E-state index contributed by atoms with van der Waals surface area (Å²) in [6.07, 6.45) is 3.63. The molecule has 2 aliphatic rings. The molecule has 6 heteroatoms. The summed E-state index contributed by atoms with van der Waals surface area (Å²) in [7, 11) is 0. The Morgan fingerprint density at radius 1 is 1.30 bits per heavy atom. The van der Waals surface area contributed by atoms with E-state index >= 15 is 0 Å². The van der Waals surface area contributed by atoms with Crippen LogP contribution in [0, 0.1) is 5.82 Å². The molecule has 2 heterocycles. The number of benzene rings is 1. The van der Waals surface area contributed by atoms with Crippen LogP contribution in [0.4, 0.5) is 4.39 Å². The van der Waals surface area contributed by atoms with E-state index in [1.807, 2.05) is 0 Å². The molecule has 4 rings (SSSR count). The predicted molar refractivity (Wildman–Crippen MR) is 81.4 cm³/mol. The summed E-state index contributed by atoms with van der Waals surface area (Å²) >= 11 is 0. The van der Waals surface area contributed by atoms with Crippen molar-refractivity contribution in [2.45, 2.75) is 37.3 Å². The number of halogens is 1. The number of β-amino-alcohol motifs (C(OH)–C–C–N with tert-alkyl or cyclic N) is 1. The molecule has 1 amide bonds. The Kier molecular flexibility index (Phi) is 3.41.